The fourth-order valence-corrected chi connectivity index (χ4v) is 4.27. The van der Waals surface area contributed by atoms with Crippen molar-refractivity contribution in [3.8, 4) is 0 Å². The van der Waals surface area contributed by atoms with Gasteiger partial charge in [0.15, 0.2) is 0 Å². The van der Waals surface area contributed by atoms with Crippen molar-refractivity contribution < 1.29 is 37.1 Å². The monoisotopic (exact) mass is 518 g/mol. The second-order valence-corrected chi connectivity index (χ2v) is 8.99. The molecule has 1 fully saturated rings. The summed E-state index contributed by atoms with van der Waals surface area (Å²) >= 11 is 0. The van der Waals surface area contributed by atoms with Crippen LogP contribution in [0, 0.1) is 6.92 Å². The van der Waals surface area contributed by atoms with Crippen LogP contribution >= 0.6 is 0 Å². The van der Waals surface area contributed by atoms with Gasteiger partial charge in [-0.1, -0.05) is 30.7 Å². The van der Waals surface area contributed by atoms with Gasteiger partial charge in [-0.2, -0.15) is 13.2 Å². The molecular weight excluding hydrogens is 491 g/mol. The maximum absolute atomic E-state index is 13.5. The number of carbonyl (C=O) groups excluding carboxylic acids is 2. The Morgan fingerprint density at radius 3 is 2.49 bits per heavy atom. The summed E-state index contributed by atoms with van der Waals surface area (Å²) in [5.41, 5.74) is 0.281. The van der Waals surface area contributed by atoms with Crippen molar-refractivity contribution in [2.75, 3.05) is 16.0 Å². The maximum atomic E-state index is 13.5. The lowest BCUT2D eigenvalue weighted by Gasteiger charge is -2.19. The van der Waals surface area contributed by atoms with Crippen LogP contribution in [-0.2, 0) is 17.4 Å². The van der Waals surface area contributed by atoms with Crippen molar-refractivity contribution >= 4 is 29.2 Å². The molecule has 3 aromatic rings. The van der Waals surface area contributed by atoms with Crippen molar-refractivity contribution in [3.63, 3.8) is 0 Å². The molecular formula is C25H27F3N5O4+. The predicted octanol–water partition coefficient (Wildman–Crippen LogP) is 4.59. The molecule has 3 amide bonds. The molecule has 9 nitrogen and oxygen atoms in total. The lowest BCUT2D eigenvalue weighted by atomic mass is 9.93. The van der Waals surface area contributed by atoms with E-state index in [1.807, 2.05) is 19.1 Å². The van der Waals surface area contributed by atoms with Crippen LogP contribution in [0.1, 0.15) is 48.4 Å². The Morgan fingerprint density at radius 1 is 1.08 bits per heavy atom. The first kappa shape index (κ1) is 26.1. The van der Waals surface area contributed by atoms with Crippen LogP contribution in [0.2, 0.25) is 0 Å². The van der Waals surface area contributed by atoms with Gasteiger partial charge in [0, 0.05) is 17.8 Å². The number of aliphatic hydroxyl groups excluding tert-OH is 1. The van der Waals surface area contributed by atoms with Gasteiger partial charge >= 0.3 is 18.1 Å². The average Bonchev–Trinajstić information content (AvgIpc) is 3.28. The number of urea groups is 1. The van der Waals surface area contributed by atoms with E-state index in [2.05, 4.69) is 21.2 Å². The summed E-state index contributed by atoms with van der Waals surface area (Å²) in [7, 11) is 0. The van der Waals surface area contributed by atoms with Gasteiger partial charge in [-0.15, -0.1) is 0 Å². The van der Waals surface area contributed by atoms with Crippen molar-refractivity contribution in [2.24, 2.45) is 0 Å². The van der Waals surface area contributed by atoms with Crippen molar-refractivity contribution in [2.45, 2.75) is 57.3 Å². The van der Waals surface area contributed by atoms with E-state index in [0.717, 1.165) is 36.1 Å². The third-order valence-electron chi connectivity index (χ3n) is 6.17. The van der Waals surface area contributed by atoms with Crippen LogP contribution in [0.15, 0.2) is 53.2 Å². The fourth-order valence-electron chi connectivity index (χ4n) is 4.27. The number of aryl methyl sites for hydroxylation is 1. The van der Waals surface area contributed by atoms with E-state index < -0.39 is 29.8 Å². The SMILES string of the molecule is Cc1ccccc1CC(=O)Nc1cc(NC(=O)Nc2c[n+]([C@@H]3CCCC[C@H]3O)no2)cc(C(F)(F)F)c1. The molecule has 0 bridgehead atoms. The summed E-state index contributed by atoms with van der Waals surface area (Å²) in [6.07, 6.45) is -0.745. The number of alkyl halides is 3. The van der Waals surface area contributed by atoms with Gasteiger partial charge in [0.1, 0.15) is 6.10 Å². The van der Waals surface area contributed by atoms with Crippen molar-refractivity contribution in [1.29, 1.82) is 0 Å². The van der Waals surface area contributed by atoms with Crippen molar-refractivity contribution in [3.05, 3.63) is 65.4 Å². The van der Waals surface area contributed by atoms with Crippen LogP contribution in [0.4, 0.5) is 35.2 Å². The van der Waals surface area contributed by atoms with Gasteiger partial charge in [0.25, 0.3) is 6.20 Å². The molecule has 2 aromatic carbocycles. The second-order valence-electron chi connectivity index (χ2n) is 8.99. The molecule has 1 aromatic heterocycles. The number of aliphatic hydroxyl groups is 1. The minimum Gasteiger partial charge on any atom is -0.386 e. The highest BCUT2D eigenvalue weighted by Crippen LogP contribution is 2.33. The largest absolute Gasteiger partial charge is 0.416 e. The first-order valence-electron chi connectivity index (χ1n) is 11.8. The molecule has 37 heavy (non-hydrogen) atoms. The normalized spacial score (nSPS) is 17.8. The number of benzene rings is 2. The molecule has 0 unspecified atom stereocenters. The molecule has 4 rings (SSSR count). The van der Waals surface area contributed by atoms with E-state index in [-0.39, 0.29) is 29.7 Å². The van der Waals surface area contributed by atoms with Gasteiger partial charge in [-0.25, -0.2) is 4.79 Å². The van der Waals surface area contributed by atoms with Crippen LogP contribution in [-0.4, -0.2) is 28.4 Å². The Bertz CT molecular complexity index is 1280. The Hall–Kier alpha value is -3.93. The molecule has 0 saturated heterocycles. The number of nitrogens with zero attached hydrogens (tertiary/aromatic N) is 2. The molecule has 1 aliphatic rings. The number of anilines is 3. The Balaban J connectivity index is 1.45. The zero-order valence-electron chi connectivity index (χ0n) is 20.0. The van der Waals surface area contributed by atoms with Crippen LogP contribution < -0.4 is 20.6 Å². The van der Waals surface area contributed by atoms with E-state index in [1.54, 1.807) is 12.1 Å². The highest BCUT2D eigenvalue weighted by molar-refractivity contribution is 6.00. The molecule has 196 valence electrons. The second kappa shape index (κ2) is 11.0. The van der Waals surface area contributed by atoms with Crippen LogP contribution in [0.5, 0.6) is 0 Å². The smallest absolute Gasteiger partial charge is 0.386 e. The number of halogens is 3. The molecule has 0 spiro atoms. The molecule has 0 aliphatic heterocycles. The first-order valence-corrected chi connectivity index (χ1v) is 11.8. The van der Waals surface area contributed by atoms with E-state index in [4.69, 9.17) is 4.52 Å². The summed E-state index contributed by atoms with van der Waals surface area (Å²) < 4.78 is 47.0. The zero-order chi connectivity index (χ0) is 26.6. The number of aromatic nitrogens is 2. The Kier molecular flexibility index (Phi) is 7.77. The highest BCUT2D eigenvalue weighted by Gasteiger charge is 2.34. The van der Waals surface area contributed by atoms with E-state index >= 15 is 0 Å². The molecule has 4 N–H and O–H groups in total. The Morgan fingerprint density at radius 2 is 1.78 bits per heavy atom. The third-order valence-corrected chi connectivity index (χ3v) is 6.17. The van der Waals surface area contributed by atoms with Crippen molar-refractivity contribution in [1.82, 2.24) is 5.27 Å². The molecule has 0 radical (unpaired) electrons. The number of nitrogens with one attached hydrogen (secondary N) is 3. The standard InChI is InChI=1S/C25H26F3N5O4/c1-15-6-2-3-7-16(15)10-22(35)29-18-11-17(25(26,27)28)12-19(13-18)30-24(36)31-23-14-33(32-37-23)20-8-4-5-9-21(20)34/h2-3,6-7,11-14,20-21,34H,4-5,8-10H2,1H3,(H2-,29,30,31,32,35,36)/p+1/t20-,21-/m1/s1. The lowest BCUT2D eigenvalue weighted by Crippen LogP contribution is -2.48. The molecule has 12 heteroatoms. The van der Waals surface area contributed by atoms with Gasteiger partial charge in [0.2, 0.25) is 17.2 Å². The number of amides is 3. The summed E-state index contributed by atoms with van der Waals surface area (Å²) in [5, 5.41) is 21.2. The lowest BCUT2D eigenvalue weighted by molar-refractivity contribution is -0.792. The van der Waals surface area contributed by atoms with Crippen LogP contribution in [0.25, 0.3) is 0 Å². The van der Waals surface area contributed by atoms with Crippen LogP contribution in [0.3, 0.4) is 0 Å². The fraction of sp³-hybridized carbons (Fsp3) is 0.360. The zero-order valence-corrected chi connectivity index (χ0v) is 20.0. The topological polar surface area (TPSA) is 120 Å². The minimum absolute atomic E-state index is 0.0205. The van der Waals surface area contributed by atoms with E-state index in [1.165, 1.54) is 16.9 Å². The summed E-state index contributed by atoms with van der Waals surface area (Å²) in [6, 6.07) is 8.82. The first-order chi connectivity index (χ1) is 17.6. The summed E-state index contributed by atoms with van der Waals surface area (Å²) in [6.45, 7) is 1.83. The number of carbonyl (C=O) groups is 2. The molecule has 1 saturated carbocycles. The van der Waals surface area contributed by atoms with Gasteiger partial charge in [0.05, 0.1) is 12.0 Å². The average molecular weight is 519 g/mol. The summed E-state index contributed by atoms with van der Waals surface area (Å²) in [4.78, 5) is 25.0. The Labute approximate surface area is 210 Å². The van der Waals surface area contributed by atoms with E-state index in [0.29, 0.717) is 12.8 Å². The van der Waals surface area contributed by atoms with Gasteiger partial charge < -0.3 is 15.7 Å². The maximum Gasteiger partial charge on any atom is 0.416 e. The molecule has 2 atom stereocenters. The summed E-state index contributed by atoms with van der Waals surface area (Å²) in [5.74, 6) is -0.547. The molecule has 1 aliphatic carbocycles. The number of hydrogen-bond donors (Lipinski definition) is 4. The minimum atomic E-state index is -4.71. The number of hydrogen-bond acceptors (Lipinski definition) is 5. The van der Waals surface area contributed by atoms with E-state index in [9.17, 15) is 27.9 Å². The van der Waals surface area contributed by atoms with Gasteiger partial charge in [-0.05, 0) is 53.8 Å². The third kappa shape index (κ3) is 6.85. The molecule has 1 heterocycles. The van der Waals surface area contributed by atoms with Gasteiger partial charge in [-0.3, -0.25) is 14.6 Å². The highest BCUT2D eigenvalue weighted by atomic mass is 19.4. The number of rotatable bonds is 6. The predicted molar refractivity (Wildman–Crippen MR) is 128 cm³/mol. The quantitative estimate of drug-likeness (QED) is 0.356.